The van der Waals surface area contributed by atoms with Crippen LogP contribution in [0.25, 0.3) is 6.08 Å². The molecular weight excluding hydrogens is 364 g/mol. The molecule has 1 saturated heterocycles. The highest BCUT2D eigenvalue weighted by Crippen LogP contribution is 2.33. The van der Waals surface area contributed by atoms with E-state index in [4.69, 9.17) is 9.84 Å². The van der Waals surface area contributed by atoms with Gasteiger partial charge in [0.15, 0.2) is 11.8 Å². The van der Waals surface area contributed by atoms with Crippen molar-refractivity contribution in [3.63, 3.8) is 0 Å². The number of carboxylic acids is 1. The van der Waals surface area contributed by atoms with E-state index < -0.39 is 12.6 Å². The summed E-state index contributed by atoms with van der Waals surface area (Å²) < 4.78 is 5.10. The molecule has 138 valence electrons. The maximum Gasteiger partial charge on any atom is 0.341 e. The van der Waals surface area contributed by atoms with E-state index in [-0.39, 0.29) is 5.91 Å². The van der Waals surface area contributed by atoms with Crippen molar-refractivity contribution in [3.05, 3.63) is 64.6 Å². The van der Waals surface area contributed by atoms with E-state index in [0.29, 0.717) is 15.8 Å². The van der Waals surface area contributed by atoms with Gasteiger partial charge in [0.25, 0.3) is 5.91 Å². The van der Waals surface area contributed by atoms with Crippen LogP contribution in [0.15, 0.2) is 58.4 Å². The van der Waals surface area contributed by atoms with Gasteiger partial charge in [-0.2, -0.15) is 0 Å². The van der Waals surface area contributed by atoms with Gasteiger partial charge in [-0.05, 0) is 54.6 Å². The van der Waals surface area contributed by atoms with Crippen LogP contribution < -0.4 is 4.74 Å². The largest absolute Gasteiger partial charge is 0.482 e. The van der Waals surface area contributed by atoms with E-state index in [9.17, 15) is 9.59 Å². The van der Waals surface area contributed by atoms with Crippen LogP contribution in [0.1, 0.15) is 11.1 Å². The Morgan fingerprint density at radius 2 is 1.85 bits per heavy atom. The standard InChI is InChI=1S/C20H18N2O4S/c1-13-3-7-15(8-4-13)21-20-22(2)19(25)17(27-20)11-14-5-9-16(10-6-14)26-12-18(23)24/h3-11H,12H2,1-2H3,(H,23,24)/b17-11-,21-20?. The molecule has 3 rings (SSSR count). The van der Waals surface area contributed by atoms with Crippen molar-refractivity contribution in [3.8, 4) is 5.75 Å². The van der Waals surface area contributed by atoms with Crippen molar-refractivity contribution < 1.29 is 19.4 Å². The number of carboxylic acid groups (broad SMARTS) is 1. The Kier molecular flexibility index (Phi) is 5.61. The topological polar surface area (TPSA) is 79.2 Å². The number of thioether (sulfide) groups is 1. The summed E-state index contributed by atoms with van der Waals surface area (Å²) in [5, 5.41) is 9.25. The van der Waals surface area contributed by atoms with Gasteiger partial charge in [-0.25, -0.2) is 9.79 Å². The number of rotatable bonds is 5. The molecule has 1 N–H and O–H groups in total. The Bertz CT molecular complexity index is 918. The van der Waals surface area contributed by atoms with Crippen molar-refractivity contribution in [2.75, 3.05) is 13.7 Å². The summed E-state index contributed by atoms with van der Waals surface area (Å²) in [6.45, 7) is 1.62. The Balaban J connectivity index is 1.75. The van der Waals surface area contributed by atoms with Crippen LogP contribution in [0, 0.1) is 6.92 Å². The van der Waals surface area contributed by atoms with Crippen LogP contribution in [0.2, 0.25) is 0 Å². The quantitative estimate of drug-likeness (QED) is 0.798. The van der Waals surface area contributed by atoms with Crippen molar-refractivity contribution in [1.29, 1.82) is 0 Å². The van der Waals surface area contributed by atoms with E-state index >= 15 is 0 Å². The molecule has 0 bridgehead atoms. The summed E-state index contributed by atoms with van der Waals surface area (Å²) in [6, 6.07) is 14.7. The fourth-order valence-electron chi connectivity index (χ4n) is 2.34. The molecule has 2 aromatic carbocycles. The number of hydrogen-bond acceptors (Lipinski definition) is 5. The number of aryl methyl sites for hydroxylation is 1. The second kappa shape index (κ2) is 8.09. The first kappa shape index (κ1) is 18.7. The van der Waals surface area contributed by atoms with E-state index in [1.165, 1.54) is 16.7 Å². The summed E-state index contributed by atoms with van der Waals surface area (Å²) >= 11 is 1.32. The minimum absolute atomic E-state index is 0.114. The van der Waals surface area contributed by atoms with Crippen molar-refractivity contribution in [2.45, 2.75) is 6.92 Å². The van der Waals surface area contributed by atoms with E-state index in [2.05, 4.69) is 4.99 Å². The average molecular weight is 382 g/mol. The molecule has 7 heteroatoms. The van der Waals surface area contributed by atoms with Crippen molar-refractivity contribution >= 4 is 40.6 Å². The van der Waals surface area contributed by atoms with Crippen LogP contribution >= 0.6 is 11.8 Å². The Hall–Kier alpha value is -3.06. The van der Waals surface area contributed by atoms with Gasteiger partial charge < -0.3 is 9.84 Å². The number of amidine groups is 1. The number of likely N-dealkylation sites (N-methyl/N-ethyl adjacent to an activating group) is 1. The molecule has 1 amide bonds. The van der Waals surface area contributed by atoms with Crippen molar-refractivity contribution in [2.24, 2.45) is 4.99 Å². The van der Waals surface area contributed by atoms with Crippen LogP contribution in [-0.2, 0) is 9.59 Å². The first-order valence-corrected chi connectivity index (χ1v) is 9.01. The minimum atomic E-state index is -1.03. The van der Waals surface area contributed by atoms with Gasteiger partial charge in [0.2, 0.25) is 0 Å². The summed E-state index contributed by atoms with van der Waals surface area (Å²) in [6.07, 6.45) is 1.78. The lowest BCUT2D eigenvalue weighted by Crippen LogP contribution is -2.23. The molecule has 6 nitrogen and oxygen atoms in total. The second-order valence-corrected chi connectivity index (χ2v) is 6.97. The molecule has 0 aromatic heterocycles. The van der Waals surface area contributed by atoms with Gasteiger partial charge in [-0.3, -0.25) is 9.69 Å². The summed E-state index contributed by atoms with van der Waals surface area (Å²) in [4.78, 5) is 29.6. The first-order valence-electron chi connectivity index (χ1n) is 8.20. The average Bonchev–Trinajstić information content (AvgIpc) is 2.91. The predicted molar refractivity (Wildman–Crippen MR) is 106 cm³/mol. The van der Waals surface area contributed by atoms with Gasteiger partial charge in [0, 0.05) is 7.05 Å². The number of ether oxygens (including phenoxy) is 1. The number of hydrogen-bond donors (Lipinski definition) is 1. The van der Waals surface area contributed by atoms with E-state index in [1.54, 1.807) is 37.4 Å². The third kappa shape index (κ3) is 4.77. The highest BCUT2D eigenvalue weighted by atomic mass is 32.2. The van der Waals surface area contributed by atoms with Gasteiger partial charge in [0.05, 0.1) is 10.6 Å². The Morgan fingerprint density at radius 3 is 2.48 bits per heavy atom. The molecule has 0 aliphatic carbocycles. The van der Waals surface area contributed by atoms with Gasteiger partial charge in [0.1, 0.15) is 5.75 Å². The number of nitrogens with zero attached hydrogens (tertiary/aromatic N) is 2. The molecule has 0 atom stereocenters. The SMILES string of the molecule is Cc1ccc(N=C2S/C(=C\c3ccc(OCC(=O)O)cc3)C(=O)N2C)cc1. The fourth-order valence-corrected chi connectivity index (χ4v) is 3.32. The first-order chi connectivity index (χ1) is 12.9. The highest BCUT2D eigenvalue weighted by molar-refractivity contribution is 8.18. The molecular formula is C20H18N2O4S. The number of aliphatic imine (C=N–C) groups is 1. The number of amides is 1. The zero-order valence-electron chi connectivity index (χ0n) is 14.9. The second-order valence-electron chi connectivity index (χ2n) is 5.96. The van der Waals surface area contributed by atoms with Gasteiger partial charge >= 0.3 is 5.97 Å². The molecule has 1 aliphatic rings. The predicted octanol–water partition coefficient (Wildman–Crippen LogP) is 3.69. The Morgan fingerprint density at radius 1 is 1.19 bits per heavy atom. The lowest BCUT2D eigenvalue weighted by Gasteiger charge is -2.07. The van der Waals surface area contributed by atoms with Crippen LogP contribution in [0.5, 0.6) is 5.75 Å². The third-order valence-corrected chi connectivity index (χ3v) is 4.86. The van der Waals surface area contributed by atoms with Crippen LogP contribution in [0.4, 0.5) is 5.69 Å². The lowest BCUT2D eigenvalue weighted by molar-refractivity contribution is -0.139. The van der Waals surface area contributed by atoms with Crippen LogP contribution in [-0.4, -0.2) is 40.7 Å². The summed E-state index contributed by atoms with van der Waals surface area (Å²) in [5.74, 6) is -0.682. The summed E-state index contributed by atoms with van der Waals surface area (Å²) in [5.41, 5.74) is 2.77. The maximum atomic E-state index is 12.5. The molecule has 1 aliphatic heterocycles. The Labute approximate surface area is 161 Å². The molecule has 1 fully saturated rings. The normalized spacial score (nSPS) is 17.0. The third-order valence-electron chi connectivity index (χ3n) is 3.80. The molecule has 2 aromatic rings. The number of benzene rings is 2. The smallest absolute Gasteiger partial charge is 0.341 e. The van der Waals surface area contributed by atoms with E-state index in [0.717, 1.165) is 16.8 Å². The number of carbonyl (C=O) groups excluding carboxylic acids is 1. The van der Waals surface area contributed by atoms with Gasteiger partial charge in [-0.15, -0.1) is 0 Å². The monoisotopic (exact) mass is 382 g/mol. The molecule has 0 spiro atoms. The fraction of sp³-hybridized carbons (Fsp3) is 0.150. The summed E-state index contributed by atoms with van der Waals surface area (Å²) in [7, 11) is 1.70. The van der Waals surface area contributed by atoms with Crippen LogP contribution in [0.3, 0.4) is 0 Å². The lowest BCUT2D eigenvalue weighted by atomic mass is 10.2. The molecule has 0 unspecified atom stereocenters. The number of carbonyl (C=O) groups is 2. The maximum absolute atomic E-state index is 12.5. The molecule has 1 heterocycles. The highest BCUT2D eigenvalue weighted by Gasteiger charge is 2.30. The molecule has 0 radical (unpaired) electrons. The van der Waals surface area contributed by atoms with E-state index in [1.807, 2.05) is 31.2 Å². The molecule has 0 saturated carbocycles. The zero-order chi connectivity index (χ0) is 19.4. The zero-order valence-corrected chi connectivity index (χ0v) is 15.7. The number of aliphatic carboxylic acids is 1. The minimum Gasteiger partial charge on any atom is -0.482 e. The van der Waals surface area contributed by atoms with Gasteiger partial charge in [-0.1, -0.05) is 29.8 Å². The van der Waals surface area contributed by atoms with Crippen molar-refractivity contribution in [1.82, 2.24) is 4.90 Å². The molecule has 27 heavy (non-hydrogen) atoms.